The van der Waals surface area contributed by atoms with Gasteiger partial charge in [0.15, 0.2) is 0 Å². The van der Waals surface area contributed by atoms with Gasteiger partial charge < -0.3 is 14.4 Å². The van der Waals surface area contributed by atoms with Crippen LogP contribution in [0, 0.1) is 12.8 Å². The Bertz CT molecular complexity index is 580. The summed E-state index contributed by atoms with van der Waals surface area (Å²) in [5.74, 6) is -1.61. The average Bonchev–Trinajstić information content (AvgIpc) is 2.93. The Hall–Kier alpha value is -2.30. The molecule has 118 valence electrons. The fraction of sp³-hybridized carbons (Fsp3) is 0.412. The predicted molar refractivity (Wildman–Crippen MR) is 83.6 cm³/mol. The van der Waals surface area contributed by atoms with Gasteiger partial charge in [-0.2, -0.15) is 0 Å². The Morgan fingerprint density at radius 2 is 1.95 bits per heavy atom. The van der Waals surface area contributed by atoms with Crippen LogP contribution in [-0.4, -0.2) is 38.2 Å². The van der Waals surface area contributed by atoms with E-state index in [-0.39, 0.29) is 5.92 Å². The quantitative estimate of drug-likeness (QED) is 0.484. The van der Waals surface area contributed by atoms with Crippen LogP contribution in [0.25, 0.3) is 0 Å². The van der Waals surface area contributed by atoms with Gasteiger partial charge in [0.25, 0.3) is 0 Å². The minimum atomic E-state index is -1.51. The molecule has 1 saturated heterocycles. The molecule has 2 rings (SSSR count). The number of carbonyl (C=O) groups is 2. The third-order valence-electron chi connectivity index (χ3n) is 4.22. The van der Waals surface area contributed by atoms with Gasteiger partial charge >= 0.3 is 11.9 Å². The van der Waals surface area contributed by atoms with E-state index in [1.54, 1.807) is 11.0 Å². The van der Waals surface area contributed by atoms with E-state index >= 15 is 0 Å². The van der Waals surface area contributed by atoms with E-state index in [0.717, 1.165) is 11.3 Å². The highest BCUT2D eigenvalue weighted by molar-refractivity contribution is 6.09. The molecule has 0 unspecified atom stereocenters. The molecule has 1 heterocycles. The number of nitrogens with zero attached hydrogens (tertiary/aromatic N) is 1. The third-order valence-corrected chi connectivity index (χ3v) is 4.22. The van der Waals surface area contributed by atoms with Gasteiger partial charge in [0.05, 0.1) is 14.2 Å². The molecule has 0 radical (unpaired) electrons. The second-order valence-corrected chi connectivity index (χ2v) is 5.37. The Balaban J connectivity index is 2.63. The summed E-state index contributed by atoms with van der Waals surface area (Å²) in [6.45, 7) is 6.28. The van der Waals surface area contributed by atoms with Gasteiger partial charge in [0.2, 0.25) is 5.54 Å². The van der Waals surface area contributed by atoms with Gasteiger partial charge in [0.1, 0.15) is 0 Å². The van der Waals surface area contributed by atoms with Gasteiger partial charge in [-0.05, 0) is 31.0 Å². The minimum Gasteiger partial charge on any atom is -0.467 e. The third kappa shape index (κ3) is 2.26. The number of methoxy groups -OCH3 is 2. The van der Waals surface area contributed by atoms with Crippen molar-refractivity contribution in [2.75, 3.05) is 25.7 Å². The molecule has 1 aromatic rings. The highest BCUT2D eigenvalue weighted by Crippen LogP contribution is 2.41. The largest absolute Gasteiger partial charge is 0.467 e. The smallest absolute Gasteiger partial charge is 0.344 e. The van der Waals surface area contributed by atoms with Gasteiger partial charge in [-0.3, -0.25) is 0 Å². The molecule has 1 aromatic carbocycles. The van der Waals surface area contributed by atoms with E-state index < -0.39 is 17.5 Å². The van der Waals surface area contributed by atoms with Crippen LogP contribution in [0.4, 0.5) is 5.69 Å². The minimum absolute atomic E-state index is 0.368. The molecule has 0 bridgehead atoms. The number of hydrogen-bond acceptors (Lipinski definition) is 5. The molecule has 22 heavy (non-hydrogen) atoms. The summed E-state index contributed by atoms with van der Waals surface area (Å²) >= 11 is 0. The van der Waals surface area contributed by atoms with Crippen LogP contribution in [-0.2, 0) is 19.1 Å². The zero-order valence-corrected chi connectivity index (χ0v) is 13.2. The lowest BCUT2D eigenvalue weighted by molar-refractivity contribution is -0.162. The van der Waals surface area contributed by atoms with Crippen LogP contribution < -0.4 is 4.90 Å². The first-order valence-electron chi connectivity index (χ1n) is 7.16. The summed E-state index contributed by atoms with van der Waals surface area (Å²) in [6, 6.07) is 7.67. The number of aryl methyl sites for hydroxylation is 1. The van der Waals surface area contributed by atoms with Crippen LogP contribution in [0.2, 0.25) is 0 Å². The van der Waals surface area contributed by atoms with Gasteiger partial charge in [-0.15, -0.1) is 6.58 Å². The summed E-state index contributed by atoms with van der Waals surface area (Å²) in [5.41, 5.74) is 0.322. The first-order chi connectivity index (χ1) is 10.5. The van der Waals surface area contributed by atoms with Crippen molar-refractivity contribution in [2.24, 2.45) is 5.92 Å². The van der Waals surface area contributed by atoms with Crippen molar-refractivity contribution in [1.29, 1.82) is 0 Å². The Morgan fingerprint density at radius 3 is 2.45 bits per heavy atom. The second-order valence-electron chi connectivity index (χ2n) is 5.37. The molecule has 0 spiro atoms. The fourth-order valence-electron chi connectivity index (χ4n) is 3.19. The number of esters is 2. The van der Waals surface area contributed by atoms with Gasteiger partial charge in [-0.1, -0.05) is 18.2 Å². The Labute approximate surface area is 130 Å². The van der Waals surface area contributed by atoms with Gasteiger partial charge in [-0.25, -0.2) is 9.59 Å². The maximum absolute atomic E-state index is 12.6. The highest BCUT2D eigenvalue weighted by Gasteiger charge is 2.61. The fourth-order valence-corrected chi connectivity index (χ4v) is 3.19. The van der Waals surface area contributed by atoms with Crippen molar-refractivity contribution in [2.45, 2.75) is 18.9 Å². The topological polar surface area (TPSA) is 55.8 Å². The maximum Gasteiger partial charge on any atom is 0.344 e. The predicted octanol–water partition coefficient (Wildman–Crippen LogP) is 2.09. The van der Waals surface area contributed by atoms with E-state index in [9.17, 15) is 9.59 Å². The first kappa shape index (κ1) is 16.1. The van der Waals surface area contributed by atoms with Gasteiger partial charge in [0, 0.05) is 18.2 Å². The van der Waals surface area contributed by atoms with Crippen molar-refractivity contribution in [3.63, 3.8) is 0 Å². The molecule has 0 N–H and O–H groups in total. The van der Waals surface area contributed by atoms with Crippen LogP contribution in [0.1, 0.15) is 12.0 Å². The molecule has 5 nitrogen and oxygen atoms in total. The first-order valence-corrected chi connectivity index (χ1v) is 7.16. The number of anilines is 1. The van der Waals surface area contributed by atoms with Crippen LogP contribution in [0.3, 0.4) is 0 Å². The molecule has 0 aliphatic carbocycles. The lowest BCUT2D eigenvalue weighted by atomic mass is 9.84. The molecular weight excluding hydrogens is 282 g/mol. The molecule has 5 heteroatoms. The summed E-state index contributed by atoms with van der Waals surface area (Å²) in [5, 5.41) is 0. The van der Waals surface area contributed by atoms with Crippen LogP contribution in [0.15, 0.2) is 36.9 Å². The molecule has 0 amide bonds. The van der Waals surface area contributed by atoms with Crippen molar-refractivity contribution >= 4 is 17.6 Å². The highest BCUT2D eigenvalue weighted by atomic mass is 16.5. The molecule has 1 fully saturated rings. The number of rotatable bonds is 4. The second kappa shape index (κ2) is 6.22. The van der Waals surface area contributed by atoms with Crippen LogP contribution >= 0.6 is 0 Å². The van der Waals surface area contributed by atoms with E-state index in [4.69, 9.17) is 9.47 Å². The summed E-state index contributed by atoms with van der Waals surface area (Å²) in [6.07, 6.45) is 2.26. The lowest BCUT2D eigenvalue weighted by Gasteiger charge is -2.37. The number of carbonyl (C=O) groups excluding carboxylic acids is 2. The number of benzene rings is 1. The average molecular weight is 303 g/mol. The SMILES string of the molecule is C=C[C@@H]1CCN(c2cccc(C)c2)C1(C(=O)OC)C(=O)OC. The maximum atomic E-state index is 12.6. The summed E-state index contributed by atoms with van der Waals surface area (Å²) in [7, 11) is 2.56. The summed E-state index contributed by atoms with van der Waals surface area (Å²) in [4.78, 5) is 26.9. The van der Waals surface area contributed by atoms with E-state index in [2.05, 4.69) is 6.58 Å². The summed E-state index contributed by atoms with van der Waals surface area (Å²) < 4.78 is 9.89. The number of hydrogen-bond donors (Lipinski definition) is 0. The van der Waals surface area contributed by atoms with Crippen LogP contribution in [0.5, 0.6) is 0 Å². The molecular formula is C17H21NO4. The lowest BCUT2D eigenvalue weighted by Crippen LogP contribution is -2.61. The van der Waals surface area contributed by atoms with E-state index in [1.165, 1.54) is 14.2 Å². The molecule has 1 atom stereocenters. The molecule has 1 aliphatic heterocycles. The van der Waals surface area contributed by atoms with Crippen molar-refractivity contribution in [1.82, 2.24) is 0 Å². The monoisotopic (exact) mass is 303 g/mol. The number of ether oxygens (including phenoxy) is 2. The van der Waals surface area contributed by atoms with Crippen molar-refractivity contribution in [3.05, 3.63) is 42.5 Å². The Morgan fingerprint density at radius 1 is 1.32 bits per heavy atom. The van der Waals surface area contributed by atoms with E-state index in [0.29, 0.717) is 13.0 Å². The molecule has 1 aliphatic rings. The standard InChI is InChI=1S/C17H21NO4/c1-5-13-9-10-18(14-8-6-7-12(2)11-14)17(13,15(19)21-3)16(20)22-4/h5-8,11,13H,1,9-10H2,2-4H3/t13-/m1/s1. The van der Waals surface area contributed by atoms with Crippen molar-refractivity contribution < 1.29 is 19.1 Å². The molecule has 0 aromatic heterocycles. The normalized spacial score (nSPS) is 19.6. The zero-order valence-electron chi connectivity index (χ0n) is 13.2. The van der Waals surface area contributed by atoms with Crippen molar-refractivity contribution in [3.8, 4) is 0 Å². The van der Waals surface area contributed by atoms with E-state index in [1.807, 2.05) is 31.2 Å². The molecule has 0 saturated carbocycles. The Kier molecular flexibility index (Phi) is 4.54. The zero-order chi connectivity index (χ0) is 16.3.